The predicted octanol–water partition coefficient (Wildman–Crippen LogP) is 2.00. The molecule has 0 saturated carbocycles. The van der Waals surface area contributed by atoms with E-state index in [1.807, 2.05) is 6.07 Å². The smallest absolute Gasteiger partial charge is 0.211 e. The van der Waals surface area contributed by atoms with Gasteiger partial charge in [0.2, 0.25) is 10.0 Å². The average Bonchev–Trinajstić information content (AvgIpc) is 2.37. The van der Waals surface area contributed by atoms with Crippen molar-refractivity contribution in [2.45, 2.75) is 19.4 Å². The highest BCUT2D eigenvalue weighted by Crippen LogP contribution is 2.04. The van der Waals surface area contributed by atoms with E-state index in [0.29, 0.717) is 24.3 Å². The lowest BCUT2D eigenvalue weighted by Gasteiger charge is -2.06. The predicted molar refractivity (Wildman–Crippen MR) is 71.7 cm³/mol. The Balaban J connectivity index is 2.46. The topological polar surface area (TPSA) is 70.0 Å². The Bertz CT molecular complexity index is 506. The number of hydrogen-bond acceptors (Lipinski definition) is 3. The van der Waals surface area contributed by atoms with Crippen LogP contribution in [0.5, 0.6) is 0 Å². The van der Waals surface area contributed by atoms with Gasteiger partial charge in [-0.25, -0.2) is 13.1 Å². The Kier molecular flexibility index (Phi) is 6.13. The fourth-order valence-electron chi connectivity index (χ4n) is 1.35. The highest BCUT2D eigenvalue weighted by atomic mass is 35.5. The number of benzene rings is 1. The summed E-state index contributed by atoms with van der Waals surface area (Å²) in [6, 6.07) is 8.81. The second kappa shape index (κ2) is 7.37. The average molecular weight is 287 g/mol. The van der Waals surface area contributed by atoms with Gasteiger partial charge in [-0.15, -0.1) is 11.6 Å². The Morgan fingerprint density at radius 2 is 1.89 bits per heavy atom. The molecule has 4 nitrogen and oxygen atoms in total. The first-order chi connectivity index (χ1) is 8.57. The summed E-state index contributed by atoms with van der Waals surface area (Å²) in [5.74, 6) is 0.571. The Morgan fingerprint density at radius 3 is 2.44 bits per heavy atom. The number of nitrogens with zero attached hydrogens (tertiary/aromatic N) is 1. The van der Waals surface area contributed by atoms with Crippen molar-refractivity contribution in [1.29, 1.82) is 5.26 Å². The Hall–Kier alpha value is -1.09. The van der Waals surface area contributed by atoms with Crippen LogP contribution in [0.15, 0.2) is 24.3 Å². The molecule has 0 amide bonds. The molecular formula is C12H15ClN2O2S. The Labute approximate surface area is 113 Å². The maximum Gasteiger partial charge on any atom is 0.211 e. The molecule has 0 radical (unpaired) electrons. The lowest BCUT2D eigenvalue weighted by molar-refractivity contribution is 0.578. The zero-order valence-electron chi connectivity index (χ0n) is 9.89. The van der Waals surface area contributed by atoms with Crippen LogP contribution in [0, 0.1) is 11.3 Å². The maximum atomic E-state index is 11.6. The molecule has 18 heavy (non-hydrogen) atoms. The number of rotatable bonds is 7. The van der Waals surface area contributed by atoms with E-state index < -0.39 is 10.0 Å². The lowest BCUT2D eigenvalue weighted by atomic mass is 10.1. The minimum Gasteiger partial charge on any atom is -0.212 e. The number of alkyl halides is 1. The molecule has 1 aromatic rings. The van der Waals surface area contributed by atoms with Gasteiger partial charge in [-0.05, 0) is 30.5 Å². The van der Waals surface area contributed by atoms with Crippen molar-refractivity contribution >= 4 is 21.6 Å². The summed E-state index contributed by atoms with van der Waals surface area (Å²) in [4.78, 5) is 0. The molecular weight excluding hydrogens is 272 g/mol. The summed E-state index contributed by atoms with van der Waals surface area (Å²) in [6.45, 7) is 0.245. The molecule has 0 aliphatic carbocycles. The first kappa shape index (κ1) is 15.0. The third-order valence-electron chi connectivity index (χ3n) is 2.38. The second-order valence-electron chi connectivity index (χ2n) is 3.84. The van der Waals surface area contributed by atoms with Crippen LogP contribution in [0.25, 0.3) is 0 Å². The Morgan fingerprint density at radius 1 is 1.22 bits per heavy atom. The van der Waals surface area contributed by atoms with Gasteiger partial charge in [0.15, 0.2) is 0 Å². The zero-order chi connectivity index (χ0) is 13.4. The molecule has 1 aromatic carbocycles. The molecule has 0 unspecified atom stereocenters. The molecule has 1 N–H and O–H groups in total. The molecule has 1 rings (SSSR count). The van der Waals surface area contributed by atoms with Gasteiger partial charge >= 0.3 is 0 Å². The molecule has 0 aliphatic heterocycles. The molecule has 0 saturated heterocycles. The number of unbranched alkanes of at least 4 members (excludes halogenated alkanes) is 1. The molecule has 98 valence electrons. The minimum atomic E-state index is -3.24. The van der Waals surface area contributed by atoms with Gasteiger partial charge in [0, 0.05) is 12.4 Å². The van der Waals surface area contributed by atoms with E-state index in [9.17, 15) is 8.42 Å². The van der Waals surface area contributed by atoms with Gasteiger partial charge in [0.1, 0.15) is 0 Å². The van der Waals surface area contributed by atoms with Crippen LogP contribution in [-0.2, 0) is 16.6 Å². The second-order valence-corrected chi connectivity index (χ2v) is 6.15. The van der Waals surface area contributed by atoms with Gasteiger partial charge < -0.3 is 0 Å². The highest BCUT2D eigenvalue weighted by molar-refractivity contribution is 7.89. The normalized spacial score (nSPS) is 11.1. The number of hydrogen-bond donors (Lipinski definition) is 1. The summed E-state index contributed by atoms with van der Waals surface area (Å²) >= 11 is 5.49. The molecule has 0 aliphatic rings. The van der Waals surface area contributed by atoms with Crippen LogP contribution in [0.2, 0.25) is 0 Å². The van der Waals surface area contributed by atoms with E-state index >= 15 is 0 Å². The number of halogens is 1. The van der Waals surface area contributed by atoms with Gasteiger partial charge in [-0.3, -0.25) is 0 Å². The zero-order valence-corrected chi connectivity index (χ0v) is 11.5. The van der Waals surface area contributed by atoms with Crippen LogP contribution >= 0.6 is 11.6 Å². The SMILES string of the molecule is N#Cc1ccc(CNS(=O)(=O)CCCCCl)cc1. The van der Waals surface area contributed by atoms with Crippen molar-refractivity contribution in [3.63, 3.8) is 0 Å². The maximum absolute atomic E-state index is 11.6. The molecule has 0 aromatic heterocycles. The van der Waals surface area contributed by atoms with Crippen LogP contribution < -0.4 is 4.72 Å². The van der Waals surface area contributed by atoms with Crippen molar-refractivity contribution in [3.8, 4) is 6.07 Å². The van der Waals surface area contributed by atoms with Crippen LogP contribution in [0.1, 0.15) is 24.0 Å². The van der Waals surface area contributed by atoms with E-state index in [1.54, 1.807) is 24.3 Å². The van der Waals surface area contributed by atoms with E-state index in [4.69, 9.17) is 16.9 Å². The fourth-order valence-corrected chi connectivity index (χ4v) is 2.65. The standard InChI is InChI=1S/C12H15ClN2O2S/c13-7-1-2-8-18(16,17)15-10-12-5-3-11(9-14)4-6-12/h3-6,15H,1-2,7-8,10H2. The van der Waals surface area contributed by atoms with E-state index in [1.165, 1.54) is 0 Å². The molecule has 0 heterocycles. The van der Waals surface area contributed by atoms with Crippen LogP contribution in [0.3, 0.4) is 0 Å². The summed E-state index contributed by atoms with van der Waals surface area (Å²) < 4.78 is 25.7. The quantitative estimate of drug-likeness (QED) is 0.616. The number of nitriles is 1. The van der Waals surface area contributed by atoms with Crippen molar-refractivity contribution in [3.05, 3.63) is 35.4 Å². The summed E-state index contributed by atoms with van der Waals surface area (Å²) in [5, 5.41) is 8.64. The summed E-state index contributed by atoms with van der Waals surface area (Å²) in [5.41, 5.74) is 1.39. The third kappa shape index (κ3) is 5.50. The van der Waals surface area contributed by atoms with Crippen molar-refractivity contribution in [1.82, 2.24) is 4.72 Å². The van der Waals surface area contributed by atoms with Crippen molar-refractivity contribution in [2.24, 2.45) is 0 Å². The number of sulfonamides is 1. The largest absolute Gasteiger partial charge is 0.212 e. The van der Waals surface area contributed by atoms with E-state index in [0.717, 1.165) is 5.56 Å². The van der Waals surface area contributed by atoms with E-state index in [2.05, 4.69) is 4.72 Å². The molecule has 6 heteroatoms. The van der Waals surface area contributed by atoms with Crippen molar-refractivity contribution in [2.75, 3.05) is 11.6 Å². The summed E-state index contributed by atoms with van der Waals surface area (Å²) in [7, 11) is -3.24. The fraction of sp³-hybridized carbons (Fsp3) is 0.417. The lowest BCUT2D eigenvalue weighted by Crippen LogP contribution is -2.26. The van der Waals surface area contributed by atoms with Crippen LogP contribution in [-0.4, -0.2) is 20.1 Å². The number of nitrogens with one attached hydrogen (secondary N) is 1. The monoisotopic (exact) mass is 286 g/mol. The first-order valence-corrected chi connectivity index (χ1v) is 7.78. The molecule has 0 bridgehead atoms. The van der Waals surface area contributed by atoms with Crippen molar-refractivity contribution < 1.29 is 8.42 Å². The molecule has 0 atom stereocenters. The van der Waals surface area contributed by atoms with Gasteiger partial charge in [-0.1, -0.05) is 12.1 Å². The molecule has 0 fully saturated rings. The van der Waals surface area contributed by atoms with Crippen LogP contribution in [0.4, 0.5) is 0 Å². The first-order valence-electron chi connectivity index (χ1n) is 5.60. The van der Waals surface area contributed by atoms with E-state index in [-0.39, 0.29) is 12.3 Å². The highest BCUT2D eigenvalue weighted by Gasteiger charge is 2.09. The van der Waals surface area contributed by atoms with Gasteiger partial charge in [-0.2, -0.15) is 5.26 Å². The summed E-state index contributed by atoms with van der Waals surface area (Å²) in [6.07, 6.45) is 1.26. The molecule has 0 spiro atoms. The van der Waals surface area contributed by atoms with Gasteiger partial charge in [0.25, 0.3) is 0 Å². The third-order valence-corrected chi connectivity index (χ3v) is 4.05. The minimum absolute atomic E-state index is 0.0933. The van der Waals surface area contributed by atoms with Gasteiger partial charge in [0.05, 0.1) is 17.4 Å².